The summed E-state index contributed by atoms with van der Waals surface area (Å²) in [6.45, 7) is 7.71. The number of nitrogens with zero attached hydrogens (tertiary/aromatic N) is 3. The van der Waals surface area contributed by atoms with Crippen LogP contribution in [-0.4, -0.2) is 35.6 Å². The number of hydrogen-bond acceptors (Lipinski definition) is 4. The highest BCUT2D eigenvalue weighted by atomic mass is 15.3. The predicted molar refractivity (Wildman–Crippen MR) is 63.4 cm³/mol. The minimum absolute atomic E-state index is 0.557. The van der Waals surface area contributed by atoms with E-state index in [-0.39, 0.29) is 0 Å². The SMILES string of the molecule is Cc1ccnc(N2CC3CNCC3C2C)n1. The molecule has 0 bridgehead atoms. The number of anilines is 1. The summed E-state index contributed by atoms with van der Waals surface area (Å²) < 4.78 is 0. The fourth-order valence-corrected chi connectivity index (χ4v) is 3.01. The van der Waals surface area contributed by atoms with E-state index in [9.17, 15) is 0 Å². The van der Waals surface area contributed by atoms with Crippen LogP contribution in [0.3, 0.4) is 0 Å². The third kappa shape index (κ3) is 1.48. The number of fused-ring (bicyclic) bond motifs is 1. The van der Waals surface area contributed by atoms with Crippen molar-refractivity contribution < 1.29 is 0 Å². The van der Waals surface area contributed by atoms with Gasteiger partial charge in [0.15, 0.2) is 0 Å². The first-order chi connectivity index (χ1) is 7.75. The Balaban J connectivity index is 1.86. The maximum Gasteiger partial charge on any atom is 0.225 e. The Labute approximate surface area is 96.1 Å². The Morgan fingerprint density at radius 2 is 2.31 bits per heavy atom. The van der Waals surface area contributed by atoms with Crippen LogP contribution in [0, 0.1) is 18.8 Å². The van der Waals surface area contributed by atoms with Gasteiger partial charge in [0, 0.05) is 37.6 Å². The van der Waals surface area contributed by atoms with Gasteiger partial charge in [-0.2, -0.15) is 0 Å². The number of hydrogen-bond donors (Lipinski definition) is 1. The predicted octanol–water partition coefficient (Wildman–Crippen LogP) is 0.829. The summed E-state index contributed by atoms with van der Waals surface area (Å²) in [6, 6.07) is 2.51. The second kappa shape index (κ2) is 3.70. The van der Waals surface area contributed by atoms with Crippen molar-refractivity contribution in [2.24, 2.45) is 11.8 Å². The van der Waals surface area contributed by atoms with E-state index in [1.54, 1.807) is 0 Å². The highest BCUT2D eigenvalue weighted by Gasteiger charge is 2.42. The second-order valence-corrected chi connectivity index (χ2v) is 4.97. The topological polar surface area (TPSA) is 41.1 Å². The quantitative estimate of drug-likeness (QED) is 0.758. The molecule has 0 aromatic carbocycles. The van der Waals surface area contributed by atoms with Crippen LogP contribution in [0.1, 0.15) is 12.6 Å². The third-order valence-corrected chi connectivity index (χ3v) is 3.97. The van der Waals surface area contributed by atoms with E-state index in [1.165, 1.54) is 0 Å². The molecule has 3 rings (SSSR count). The largest absolute Gasteiger partial charge is 0.337 e. The second-order valence-electron chi connectivity index (χ2n) is 4.97. The third-order valence-electron chi connectivity index (χ3n) is 3.97. The van der Waals surface area contributed by atoms with Crippen molar-refractivity contribution in [1.29, 1.82) is 0 Å². The average molecular weight is 218 g/mol. The minimum atomic E-state index is 0.557. The number of aromatic nitrogens is 2. The van der Waals surface area contributed by atoms with Crippen LogP contribution in [0.2, 0.25) is 0 Å². The molecule has 3 atom stereocenters. The molecule has 3 heterocycles. The molecule has 1 N–H and O–H groups in total. The molecule has 1 aromatic heterocycles. The van der Waals surface area contributed by atoms with Gasteiger partial charge in [-0.15, -0.1) is 0 Å². The van der Waals surface area contributed by atoms with E-state index in [2.05, 4.69) is 27.1 Å². The lowest BCUT2D eigenvalue weighted by atomic mass is 9.95. The van der Waals surface area contributed by atoms with Crippen LogP contribution in [0.25, 0.3) is 0 Å². The van der Waals surface area contributed by atoms with Gasteiger partial charge in [-0.05, 0) is 31.7 Å². The van der Waals surface area contributed by atoms with Crippen LogP contribution >= 0.6 is 0 Å². The molecule has 4 nitrogen and oxygen atoms in total. The molecule has 3 unspecified atom stereocenters. The standard InChI is InChI=1S/C12H18N4/c1-8-3-4-14-12(15-8)16-7-10-5-13-6-11(10)9(16)2/h3-4,9-11,13H,5-7H2,1-2H3. The lowest BCUT2D eigenvalue weighted by molar-refractivity contribution is 0.470. The van der Waals surface area contributed by atoms with E-state index in [1.807, 2.05) is 19.2 Å². The van der Waals surface area contributed by atoms with Crippen molar-refractivity contribution in [3.05, 3.63) is 18.0 Å². The summed E-state index contributed by atoms with van der Waals surface area (Å²) in [6.07, 6.45) is 1.86. The fraction of sp³-hybridized carbons (Fsp3) is 0.667. The van der Waals surface area contributed by atoms with Crippen LogP contribution < -0.4 is 10.2 Å². The molecule has 0 saturated carbocycles. The summed E-state index contributed by atoms with van der Waals surface area (Å²) in [5, 5.41) is 3.47. The molecular formula is C12H18N4. The van der Waals surface area contributed by atoms with E-state index < -0.39 is 0 Å². The van der Waals surface area contributed by atoms with Gasteiger partial charge in [-0.3, -0.25) is 0 Å². The smallest absolute Gasteiger partial charge is 0.225 e. The van der Waals surface area contributed by atoms with Gasteiger partial charge in [0.25, 0.3) is 0 Å². The average Bonchev–Trinajstić information content (AvgIpc) is 2.82. The Hall–Kier alpha value is -1.16. The molecule has 1 aromatic rings. The summed E-state index contributed by atoms with van der Waals surface area (Å²) in [4.78, 5) is 11.3. The molecule has 0 radical (unpaired) electrons. The maximum atomic E-state index is 4.53. The maximum absolute atomic E-state index is 4.53. The minimum Gasteiger partial charge on any atom is -0.337 e. The fourth-order valence-electron chi connectivity index (χ4n) is 3.01. The zero-order valence-corrected chi connectivity index (χ0v) is 9.85. The Morgan fingerprint density at radius 3 is 3.06 bits per heavy atom. The molecule has 2 fully saturated rings. The molecule has 86 valence electrons. The molecule has 0 spiro atoms. The van der Waals surface area contributed by atoms with Crippen LogP contribution in [-0.2, 0) is 0 Å². The molecular weight excluding hydrogens is 200 g/mol. The van der Waals surface area contributed by atoms with Crippen LogP contribution in [0.5, 0.6) is 0 Å². The van der Waals surface area contributed by atoms with Crippen molar-refractivity contribution in [2.45, 2.75) is 19.9 Å². The first-order valence-electron chi connectivity index (χ1n) is 6.02. The number of rotatable bonds is 1. The van der Waals surface area contributed by atoms with Crippen molar-refractivity contribution in [1.82, 2.24) is 15.3 Å². The normalized spacial score (nSPS) is 33.1. The molecule has 4 heteroatoms. The Morgan fingerprint density at radius 1 is 1.44 bits per heavy atom. The van der Waals surface area contributed by atoms with Gasteiger partial charge >= 0.3 is 0 Å². The first kappa shape index (κ1) is 10.0. The highest BCUT2D eigenvalue weighted by molar-refractivity contribution is 5.35. The summed E-state index contributed by atoms with van der Waals surface area (Å²) in [5.41, 5.74) is 1.05. The van der Waals surface area contributed by atoms with Gasteiger partial charge in [-0.25, -0.2) is 9.97 Å². The molecule has 0 amide bonds. The van der Waals surface area contributed by atoms with Gasteiger partial charge in [0.05, 0.1) is 0 Å². The lowest BCUT2D eigenvalue weighted by Crippen LogP contribution is -2.34. The zero-order chi connectivity index (χ0) is 11.1. The number of aryl methyl sites for hydroxylation is 1. The molecule has 2 saturated heterocycles. The van der Waals surface area contributed by atoms with Crippen LogP contribution in [0.15, 0.2) is 12.3 Å². The Bertz CT molecular complexity index is 392. The van der Waals surface area contributed by atoms with E-state index in [0.29, 0.717) is 6.04 Å². The van der Waals surface area contributed by atoms with E-state index in [4.69, 9.17) is 0 Å². The molecule has 2 aliphatic heterocycles. The molecule has 0 aliphatic carbocycles. The van der Waals surface area contributed by atoms with Crippen LogP contribution in [0.4, 0.5) is 5.95 Å². The highest BCUT2D eigenvalue weighted by Crippen LogP contribution is 2.34. The summed E-state index contributed by atoms with van der Waals surface area (Å²) in [5.74, 6) is 2.45. The monoisotopic (exact) mass is 218 g/mol. The molecule has 16 heavy (non-hydrogen) atoms. The van der Waals surface area contributed by atoms with E-state index in [0.717, 1.165) is 43.1 Å². The lowest BCUT2D eigenvalue weighted by Gasteiger charge is -2.24. The van der Waals surface area contributed by atoms with Crippen molar-refractivity contribution in [3.63, 3.8) is 0 Å². The van der Waals surface area contributed by atoms with Gasteiger partial charge in [0.1, 0.15) is 0 Å². The Kier molecular flexibility index (Phi) is 2.32. The zero-order valence-electron chi connectivity index (χ0n) is 9.85. The summed E-state index contributed by atoms with van der Waals surface area (Å²) >= 11 is 0. The first-order valence-corrected chi connectivity index (χ1v) is 6.02. The van der Waals surface area contributed by atoms with Crippen molar-refractivity contribution in [2.75, 3.05) is 24.5 Å². The summed E-state index contributed by atoms with van der Waals surface area (Å²) in [7, 11) is 0. The van der Waals surface area contributed by atoms with E-state index >= 15 is 0 Å². The van der Waals surface area contributed by atoms with Gasteiger partial charge in [-0.1, -0.05) is 0 Å². The van der Waals surface area contributed by atoms with Crippen molar-refractivity contribution in [3.8, 4) is 0 Å². The van der Waals surface area contributed by atoms with Gasteiger partial charge in [0.2, 0.25) is 5.95 Å². The van der Waals surface area contributed by atoms with Gasteiger partial charge < -0.3 is 10.2 Å². The molecule has 2 aliphatic rings. The van der Waals surface area contributed by atoms with Crippen molar-refractivity contribution >= 4 is 5.95 Å². The number of nitrogens with one attached hydrogen (secondary N) is 1.